The van der Waals surface area contributed by atoms with E-state index in [4.69, 9.17) is 23.2 Å². The standard InChI is InChI=1S/C27H23Cl2N3O5S2/c1-18-6-14-23(15-7-18)39(36,37)32(2)21-12-8-19(9-13-21)27(33)30-20-10-16-22(17-11-20)38(34,35)31-25-5-3-4-24(28)26(25)29/h3-17,31H,1-2H3,(H,30,33). The number of hydrogen-bond acceptors (Lipinski definition) is 5. The lowest BCUT2D eigenvalue weighted by atomic mass is 10.2. The van der Waals surface area contributed by atoms with E-state index in [0.717, 1.165) is 9.87 Å². The van der Waals surface area contributed by atoms with E-state index in [9.17, 15) is 21.6 Å². The number of halogens is 2. The summed E-state index contributed by atoms with van der Waals surface area (Å²) < 4.78 is 54.8. The van der Waals surface area contributed by atoms with Gasteiger partial charge in [-0.05, 0) is 79.7 Å². The van der Waals surface area contributed by atoms with E-state index in [1.807, 2.05) is 6.92 Å². The molecule has 0 aromatic heterocycles. The second-order valence-corrected chi connectivity index (χ2v) is 13.0. The Bertz CT molecular complexity index is 1730. The van der Waals surface area contributed by atoms with Gasteiger partial charge in [-0.15, -0.1) is 0 Å². The van der Waals surface area contributed by atoms with Crippen LogP contribution >= 0.6 is 23.2 Å². The lowest BCUT2D eigenvalue weighted by Gasteiger charge is -2.20. The number of nitrogens with zero attached hydrogens (tertiary/aromatic N) is 1. The molecule has 0 aliphatic carbocycles. The molecule has 0 heterocycles. The highest BCUT2D eigenvalue weighted by molar-refractivity contribution is 7.93. The number of amides is 1. The van der Waals surface area contributed by atoms with Crippen molar-refractivity contribution in [1.82, 2.24) is 0 Å². The van der Waals surface area contributed by atoms with E-state index < -0.39 is 26.0 Å². The molecule has 0 aliphatic rings. The molecular weight excluding hydrogens is 581 g/mol. The Morgan fingerprint density at radius 3 is 1.97 bits per heavy atom. The molecule has 202 valence electrons. The van der Waals surface area contributed by atoms with Crippen LogP contribution in [-0.4, -0.2) is 29.8 Å². The van der Waals surface area contributed by atoms with Gasteiger partial charge in [0.05, 0.1) is 31.2 Å². The monoisotopic (exact) mass is 603 g/mol. The topological polar surface area (TPSA) is 113 Å². The Labute approximate surface area is 237 Å². The first-order valence-corrected chi connectivity index (χ1v) is 15.1. The van der Waals surface area contributed by atoms with E-state index in [0.29, 0.717) is 11.4 Å². The lowest BCUT2D eigenvalue weighted by Crippen LogP contribution is -2.26. The summed E-state index contributed by atoms with van der Waals surface area (Å²) in [4.78, 5) is 12.9. The van der Waals surface area contributed by atoms with E-state index >= 15 is 0 Å². The summed E-state index contributed by atoms with van der Waals surface area (Å²) in [5.74, 6) is -0.454. The molecule has 12 heteroatoms. The Morgan fingerprint density at radius 1 is 0.769 bits per heavy atom. The van der Waals surface area contributed by atoms with Crippen molar-refractivity contribution in [3.63, 3.8) is 0 Å². The molecule has 0 fully saturated rings. The smallest absolute Gasteiger partial charge is 0.264 e. The van der Waals surface area contributed by atoms with Gasteiger partial charge in [0.2, 0.25) is 0 Å². The Morgan fingerprint density at radius 2 is 1.36 bits per heavy atom. The van der Waals surface area contributed by atoms with E-state index in [1.165, 1.54) is 67.7 Å². The molecule has 4 aromatic rings. The van der Waals surface area contributed by atoms with Gasteiger partial charge in [0.1, 0.15) is 0 Å². The first kappa shape index (κ1) is 28.4. The molecule has 2 N–H and O–H groups in total. The van der Waals surface area contributed by atoms with Crippen molar-refractivity contribution >= 4 is 66.2 Å². The number of hydrogen-bond donors (Lipinski definition) is 2. The molecule has 0 saturated carbocycles. The Hall–Kier alpha value is -3.57. The highest BCUT2D eigenvalue weighted by Gasteiger charge is 2.22. The van der Waals surface area contributed by atoms with E-state index in [1.54, 1.807) is 30.3 Å². The number of aryl methyl sites for hydroxylation is 1. The van der Waals surface area contributed by atoms with Crippen molar-refractivity contribution in [2.24, 2.45) is 0 Å². The van der Waals surface area contributed by atoms with Gasteiger partial charge in [-0.2, -0.15) is 0 Å². The third-order valence-corrected chi connectivity index (χ3v) is 9.79. The largest absolute Gasteiger partial charge is 0.322 e. The van der Waals surface area contributed by atoms with Crippen molar-refractivity contribution < 1.29 is 21.6 Å². The quantitative estimate of drug-likeness (QED) is 0.250. The van der Waals surface area contributed by atoms with Gasteiger partial charge in [-0.25, -0.2) is 16.8 Å². The van der Waals surface area contributed by atoms with Gasteiger partial charge in [0.15, 0.2) is 0 Å². The number of carbonyl (C=O) groups excluding carboxylic acids is 1. The molecule has 0 radical (unpaired) electrons. The average Bonchev–Trinajstić information content (AvgIpc) is 2.91. The maximum Gasteiger partial charge on any atom is 0.264 e. The van der Waals surface area contributed by atoms with Gasteiger partial charge in [-0.1, -0.05) is 47.0 Å². The molecule has 0 spiro atoms. The van der Waals surface area contributed by atoms with E-state index in [2.05, 4.69) is 10.0 Å². The van der Waals surface area contributed by atoms with Crippen LogP contribution in [0.2, 0.25) is 10.0 Å². The third kappa shape index (κ3) is 6.36. The highest BCUT2D eigenvalue weighted by Crippen LogP contribution is 2.31. The van der Waals surface area contributed by atoms with Crippen LogP contribution in [0.1, 0.15) is 15.9 Å². The zero-order valence-corrected chi connectivity index (χ0v) is 23.9. The van der Waals surface area contributed by atoms with Crippen LogP contribution < -0.4 is 14.3 Å². The summed E-state index contributed by atoms with van der Waals surface area (Å²) >= 11 is 12.0. The molecule has 1 amide bonds. The first-order chi connectivity index (χ1) is 18.4. The van der Waals surface area contributed by atoms with Crippen LogP contribution in [0.5, 0.6) is 0 Å². The number of sulfonamides is 2. The first-order valence-electron chi connectivity index (χ1n) is 11.4. The third-order valence-electron chi connectivity index (χ3n) is 5.79. The second kappa shape index (κ2) is 11.3. The van der Waals surface area contributed by atoms with E-state index in [-0.39, 0.29) is 31.1 Å². The fourth-order valence-electron chi connectivity index (χ4n) is 3.54. The van der Waals surface area contributed by atoms with Crippen LogP contribution in [0.4, 0.5) is 17.1 Å². The Kier molecular flexibility index (Phi) is 8.22. The zero-order valence-electron chi connectivity index (χ0n) is 20.7. The fourth-order valence-corrected chi connectivity index (χ4v) is 6.21. The predicted molar refractivity (Wildman–Crippen MR) is 155 cm³/mol. The van der Waals surface area contributed by atoms with Gasteiger partial charge in [-0.3, -0.25) is 13.8 Å². The number of nitrogens with one attached hydrogen (secondary N) is 2. The fraction of sp³-hybridized carbons (Fsp3) is 0.0741. The number of benzene rings is 4. The summed E-state index contributed by atoms with van der Waals surface area (Å²) in [6.45, 7) is 1.87. The lowest BCUT2D eigenvalue weighted by molar-refractivity contribution is 0.102. The summed E-state index contributed by atoms with van der Waals surface area (Å²) in [7, 11) is -6.28. The van der Waals surface area contributed by atoms with Crippen LogP contribution in [0.25, 0.3) is 0 Å². The number of rotatable bonds is 8. The highest BCUT2D eigenvalue weighted by atomic mass is 35.5. The molecule has 39 heavy (non-hydrogen) atoms. The Balaban J connectivity index is 1.43. The second-order valence-electron chi connectivity index (χ2n) is 8.52. The number of carbonyl (C=O) groups is 1. The van der Waals surface area contributed by atoms with Crippen LogP contribution in [0, 0.1) is 6.92 Å². The SMILES string of the molecule is Cc1ccc(S(=O)(=O)N(C)c2ccc(C(=O)Nc3ccc(S(=O)(=O)Nc4cccc(Cl)c4Cl)cc3)cc2)cc1. The van der Waals surface area contributed by atoms with Crippen LogP contribution in [0.15, 0.2) is 101 Å². The molecule has 0 unspecified atom stereocenters. The van der Waals surface area contributed by atoms with Crippen molar-refractivity contribution in [3.05, 3.63) is 112 Å². The van der Waals surface area contributed by atoms with Crippen molar-refractivity contribution in [1.29, 1.82) is 0 Å². The molecular formula is C27H23Cl2N3O5S2. The van der Waals surface area contributed by atoms with Crippen molar-refractivity contribution in [2.75, 3.05) is 21.4 Å². The molecule has 0 atom stereocenters. The average molecular weight is 605 g/mol. The number of anilines is 3. The molecule has 4 rings (SSSR count). The minimum absolute atomic E-state index is 0.0429. The summed E-state index contributed by atoms with van der Waals surface area (Å²) in [6.07, 6.45) is 0. The van der Waals surface area contributed by atoms with Crippen LogP contribution in [0.3, 0.4) is 0 Å². The zero-order chi connectivity index (χ0) is 28.4. The molecule has 4 aromatic carbocycles. The summed E-state index contributed by atoms with van der Waals surface area (Å²) in [5, 5.41) is 2.98. The predicted octanol–water partition coefficient (Wildman–Crippen LogP) is 6.18. The minimum Gasteiger partial charge on any atom is -0.322 e. The summed E-state index contributed by atoms with van der Waals surface area (Å²) in [5.41, 5.74) is 2.12. The van der Waals surface area contributed by atoms with Gasteiger partial charge < -0.3 is 5.32 Å². The maximum atomic E-state index is 12.9. The maximum absolute atomic E-state index is 12.9. The summed E-state index contributed by atoms with van der Waals surface area (Å²) in [6, 6.07) is 22.8. The van der Waals surface area contributed by atoms with Gasteiger partial charge in [0.25, 0.3) is 26.0 Å². The molecule has 8 nitrogen and oxygen atoms in total. The van der Waals surface area contributed by atoms with Gasteiger partial charge in [0, 0.05) is 18.3 Å². The van der Waals surface area contributed by atoms with Crippen molar-refractivity contribution in [2.45, 2.75) is 16.7 Å². The van der Waals surface area contributed by atoms with Gasteiger partial charge >= 0.3 is 0 Å². The molecule has 0 aliphatic heterocycles. The molecule has 0 saturated heterocycles. The minimum atomic E-state index is -3.96. The van der Waals surface area contributed by atoms with Crippen molar-refractivity contribution in [3.8, 4) is 0 Å². The van der Waals surface area contributed by atoms with Crippen LogP contribution in [-0.2, 0) is 20.0 Å². The normalized spacial score (nSPS) is 11.6. The molecule has 0 bridgehead atoms.